The van der Waals surface area contributed by atoms with E-state index in [0.717, 1.165) is 23.7 Å². The molecule has 96 valence electrons. The lowest BCUT2D eigenvalue weighted by Gasteiger charge is -2.10. The molecular formula is C15H23BrO. The lowest BCUT2D eigenvalue weighted by atomic mass is 10.0. The van der Waals surface area contributed by atoms with E-state index in [4.69, 9.17) is 0 Å². The van der Waals surface area contributed by atoms with Gasteiger partial charge in [0.15, 0.2) is 0 Å². The average Bonchev–Trinajstić information content (AvgIpc) is 2.32. The molecule has 1 aromatic carbocycles. The van der Waals surface area contributed by atoms with Gasteiger partial charge in [-0.25, -0.2) is 0 Å². The second-order valence-electron chi connectivity index (χ2n) is 4.69. The summed E-state index contributed by atoms with van der Waals surface area (Å²) in [4.78, 5) is 0. The molecule has 17 heavy (non-hydrogen) atoms. The Morgan fingerprint density at radius 1 is 1.06 bits per heavy atom. The first-order valence-electron chi connectivity index (χ1n) is 6.65. The Morgan fingerprint density at radius 3 is 2.35 bits per heavy atom. The summed E-state index contributed by atoms with van der Waals surface area (Å²) in [5.41, 5.74) is 1.22. The Morgan fingerprint density at radius 2 is 1.71 bits per heavy atom. The van der Waals surface area contributed by atoms with Crippen LogP contribution in [0, 0.1) is 0 Å². The molecule has 1 atom stereocenters. The molecule has 0 aromatic heterocycles. The van der Waals surface area contributed by atoms with Gasteiger partial charge in [-0.2, -0.15) is 0 Å². The van der Waals surface area contributed by atoms with Crippen molar-refractivity contribution in [3.63, 3.8) is 0 Å². The Balaban J connectivity index is 2.16. The maximum absolute atomic E-state index is 9.92. The molecular weight excluding hydrogens is 276 g/mol. The summed E-state index contributed by atoms with van der Waals surface area (Å²) in [5, 5.41) is 9.92. The van der Waals surface area contributed by atoms with Gasteiger partial charge in [0, 0.05) is 4.47 Å². The van der Waals surface area contributed by atoms with E-state index < -0.39 is 0 Å². The Bertz CT molecular complexity index is 294. The van der Waals surface area contributed by atoms with Crippen LogP contribution < -0.4 is 0 Å². The van der Waals surface area contributed by atoms with Crippen molar-refractivity contribution in [3.8, 4) is 0 Å². The van der Waals surface area contributed by atoms with Crippen LogP contribution in [0.25, 0.3) is 0 Å². The van der Waals surface area contributed by atoms with Gasteiger partial charge in [0.1, 0.15) is 0 Å². The highest BCUT2D eigenvalue weighted by Crippen LogP contribution is 2.14. The van der Waals surface area contributed by atoms with Gasteiger partial charge in [-0.3, -0.25) is 0 Å². The van der Waals surface area contributed by atoms with Gasteiger partial charge in [-0.05, 0) is 30.5 Å². The van der Waals surface area contributed by atoms with Gasteiger partial charge >= 0.3 is 0 Å². The molecule has 0 aliphatic heterocycles. The molecule has 0 aliphatic carbocycles. The largest absolute Gasteiger partial charge is 0.393 e. The standard InChI is InChI=1S/C15H23BrO/c1-2-3-4-5-6-7-15(17)12-13-8-10-14(16)11-9-13/h8-11,15,17H,2-7,12H2,1H3. The third-order valence-electron chi connectivity index (χ3n) is 3.03. The van der Waals surface area contributed by atoms with E-state index in [1.807, 2.05) is 12.1 Å². The molecule has 1 aromatic rings. The summed E-state index contributed by atoms with van der Waals surface area (Å²) in [6.07, 6.45) is 7.84. The molecule has 0 spiro atoms. The minimum Gasteiger partial charge on any atom is -0.393 e. The third kappa shape index (κ3) is 6.85. The van der Waals surface area contributed by atoms with E-state index >= 15 is 0 Å². The average molecular weight is 299 g/mol. The molecule has 1 N–H and O–H groups in total. The van der Waals surface area contributed by atoms with E-state index in [1.54, 1.807) is 0 Å². The molecule has 0 saturated heterocycles. The summed E-state index contributed by atoms with van der Waals surface area (Å²) in [7, 11) is 0. The molecule has 0 radical (unpaired) electrons. The first-order chi connectivity index (χ1) is 8.22. The van der Waals surface area contributed by atoms with Crippen LogP contribution in [-0.4, -0.2) is 11.2 Å². The number of aliphatic hydroxyl groups is 1. The highest BCUT2D eigenvalue weighted by molar-refractivity contribution is 9.10. The van der Waals surface area contributed by atoms with Crippen LogP contribution in [0.15, 0.2) is 28.7 Å². The molecule has 0 amide bonds. The fourth-order valence-corrected chi connectivity index (χ4v) is 2.24. The van der Waals surface area contributed by atoms with Crippen molar-refractivity contribution in [1.29, 1.82) is 0 Å². The molecule has 0 aliphatic rings. The second-order valence-corrected chi connectivity index (χ2v) is 5.60. The second kappa shape index (κ2) is 8.71. The van der Waals surface area contributed by atoms with E-state index in [2.05, 4.69) is 35.0 Å². The van der Waals surface area contributed by atoms with Gasteiger partial charge in [-0.1, -0.05) is 67.1 Å². The van der Waals surface area contributed by atoms with Gasteiger partial charge in [0.2, 0.25) is 0 Å². The smallest absolute Gasteiger partial charge is 0.0580 e. The predicted molar refractivity (Wildman–Crippen MR) is 77.2 cm³/mol. The summed E-state index contributed by atoms with van der Waals surface area (Å²) in [6, 6.07) is 8.21. The van der Waals surface area contributed by atoms with Crippen molar-refractivity contribution in [2.24, 2.45) is 0 Å². The Labute approximate surface area is 113 Å². The van der Waals surface area contributed by atoms with E-state index in [0.29, 0.717) is 0 Å². The molecule has 1 rings (SSSR count). The zero-order valence-corrected chi connectivity index (χ0v) is 12.2. The van der Waals surface area contributed by atoms with E-state index in [9.17, 15) is 5.11 Å². The summed E-state index contributed by atoms with van der Waals surface area (Å²) in [6.45, 7) is 2.22. The molecule has 0 bridgehead atoms. The summed E-state index contributed by atoms with van der Waals surface area (Å²) in [5.74, 6) is 0. The van der Waals surface area contributed by atoms with Crippen molar-refractivity contribution >= 4 is 15.9 Å². The van der Waals surface area contributed by atoms with E-state index in [-0.39, 0.29) is 6.10 Å². The zero-order chi connectivity index (χ0) is 12.5. The monoisotopic (exact) mass is 298 g/mol. The fraction of sp³-hybridized carbons (Fsp3) is 0.600. The Kier molecular flexibility index (Phi) is 7.54. The Hall–Kier alpha value is -0.340. The third-order valence-corrected chi connectivity index (χ3v) is 3.55. The van der Waals surface area contributed by atoms with Crippen molar-refractivity contribution in [2.45, 2.75) is 58.0 Å². The number of benzene rings is 1. The molecule has 1 unspecified atom stereocenters. The predicted octanol–water partition coefficient (Wildman–Crippen LogP) is 4.71. The fourth-order valence-electron chi connectivity index (χ4n) is 1.98. The van der Waals surface area contributed by atoms with Crippen LogP contribution in [0.4, 0.5) is 0 Å². The van der Waals surface area contributed by atoms with Crippen LogP contribution in [0.1, 0.15) is 51.0 Å². The maximum Gasteiger partial charge on any atom is 0.0580 e. The number of rotatable bonds is 8. The normalized spacial score (nSPS) is 12.6. The van der Waals surface area contributed by atoms with E-state index in [1.165, 1.54) is 31.2 Å². The first-order valence-corrected chi connectivity index (χ1v) is 7.44. The molecule has 2 heteroatoms. The van der Waals surface area contributed by atoms with Gasteiger partial charge < -0.3 is 5.11 Å². The zero-order valence-electron chi connectivity index (χ0n) is 10.7. The van der Waals surface area contributed by atoms with Gasteiger partial charge in [0.05, 0.1) is 6.10 Å². The molecule has 0 heterocycles. The SMILES string of the molecule is CCCCCCCC(O)Cc1ccc(Br)cc1. The lowest BCUT2D eigenvalue weighted by Crippen LogP contribution is -2.10. The number of unbranched alkanes of at least 4 members (excludes halogenated alkanes) is 4. The molecule has 0 saturated carbocycles. The lowest BCUT2D eigenvalue weighted by molar-refractivity contribution is 0.161. The molecule has 1 nitrogen and oxygen atoms in total. The van der Waals surface area contributed by atoms with Crippen LogP contribution in [0.5, 0.6) is 0 Å². The maximum atomic E-state index is 9.92. The summed E-state index contributed by atoms with van der Waals surface area (Å²) < 4.78 is 1.09. The van der Waals surface area contributed by atoms with Gasteiger partial charge in [-0.15, -0.1) is 0 Å². The van der Waals surface area contributed by atoms with Crippen molar-refractivity contribution < 1.29 is 5.11 Å². The van der Waals surface area contributed by atoms with Crippen molar-refractivity contribution in [2.75, 3.05) is 0 Å². The minimum absolute atomic E-state index is 0.183. The number of halogens is 1. The molecule has 0 fully saturated rings. The highest BCUT2D eigenvalue weighted by Gasteiger charge is 2.05. The minimum atomic E-state index is -0.183. The van der Waals surface area contributed by atoms with Gasteiger partial charge in [0.25, 0.3) is 0 Å². The quantitative estimate of drug-likeness (QED) is 0.689. The summed E-state index contributed by atoms with van der Waals surface area (Å²) >= 11 is 3.42. The van der Waals surface area contributed by atoms with Crippen LogP contribution >= 0.6 is 15.9 Å². The number of hydrogen-bond acceptors (Lipinski definition) is 1. The van der Waals surface area contributed by atoms with Crippen LogP contribution in [0.2, 0.25) is 0 Å². The number of hydrogen-bond donors (Lipinski definition) is 1. The highest BCUT2D eigenvalue weighted by atomic mass is 79.9. The van der Waals surface area contributed by atoms with Crippen molar-refractivity contribution in [1.82, 2.24) is 0 Å². The first kappa shape index (κ1) is 14.7. The topological polar surface area (TPSA) is 20.2 Å². The van der Waals surface area contributed by atoms with Crippen LogP contribution in [-0.2, 0) is 6.42 Å². The van der Waals surface area contributed by atoms with Crippen LogP contribution in [0.3, 0.4) is 0 Å². The number of aliphatic hydroxyl groups excluding tert-OH is 1. The van der Waals surface area contributed by atoms with Crippen molar-refractivity contribution in [3.05, 3.63) is 34.3 Å².